The van der Waals surface area contributed by atoms with Crippen molar-refractivity contribution in [1.82, 2.24) is 10.2 Å². The largest absolute Gasteiger partial charge is 0.394 e. The second kappa shape index (κ2) is 8.50. The van der Waals surface area contributed by atoms with Crippen LogP contribution in [0.1, 0.15) is 65.2 Å². The lowest BCUT2D eigenvalue weighted by Crippen LogP contribution is -2.49. The smallest absolute Gasteiger partial charge is 0.0613 e. The zero-order valence-corrected chi connectivity index (χ0v) is 14.2. The molecule has 3 unspecified atom stereocenters. The standard InChI is InChI=1S/C18H36N2O/c1-3-18(15-21,19-4-2)11-7-12-20-13-10-16-8-5-6-9-17(16)14-20/h16-17,19,21H,3-15H2,1-2H3. The van der Waals surface area contributed by atoms with E-state index >= 15 is 0 Å². The topological polar surface area (TPSA) is 35.5 Å². The van der Waals surface area contributed by atoms with Crippen LogP contribution in [-0.4, -0.2) is 48.3 Å². The number of hydrogen-bond donors (Lipinski definition) is 2. The number of fused-ring (bicyclic) bond motifs is 1. The predicted octanol–water partition coefficient (Wildman–Crippen LogP) is 3.03. The van der Waals surface area contributed by atoms with E-state index in [4.69, 9.17) is 0 Å². The Morgan fingerprint density at radius 2 is 1.90 bits per heavy atom. The first-order valence-corrected chi connectivity index (χ1v) is 9.31. The van der Waals surface area contributed by atoms with Gasteiger partial charge in [-0.3, -0.25) is 0 Å². The summed E-state index contributed by atoms with van der Waals surface area (Å²) in [6.07, 6.45) is 10.6. The molecule has 2 N–H and O–H groups in total. The molecule has 0 aromatic carbocycles. The fraction of sp³-hybridized carbons (Fsp3) is 1.00. The van der Waals surface area contributed by atoms with E-state index in [0.717, 1.165) is 31.2 Å². The molecule has 2 fully saturated rings. The molecule has 0 bridgehead atoms. The maximum absolute atomic E-state index is 9.72. The molecule has 2 aliphatic rings. The summed E-state index contributed by atoms with van der Waals surface area (Å²) in [5.41, 5.74) is -0.0437. The maximum atomic E-state index is 9.72. The molecule has 1 saturated heterocycles. The van der Waals surface area contributed by atoms with Gasteiger partial charge in [-0.05, 0) is 63.6 Å². The first-order chi connectivity index (χ1) is 10.2. The van der Waals surface area contributed by atoms with Gasteiger partial charge < -0.3 is 15.3 Å². The van der Waals surface area contributed by atoms with Crippen LogP contribution in [0.2, 0.25) is 0 Å². The Bertz CT molecular complexity index is 291. The van der Waals surface area contributed by atoms with Gasteiger partial charge in [0.1, 0.15) is 0 Å². The van der Waals surface area contributed by atoms with Crippen LogP contribution < -0.4 is 5.32 Å². The van der Waals surface area contributed by atoms with Crippen LogP contribution in [0.25, 0.3) is 0 Å². The van der Waals surface area contributed by atoms with Crippen LogP contribution in [0.4, 0.5) is 0 Å². The van der Waals surface area contributed by atoms with E-state index in [1.165, 1.54) is 58.2 Å². The Labute approximate surface area is 131 Å². The van der Waals surface area contributed by atoms with Crippen molar-refractivity contribution in [2.24, 2.45) is 11.8 Å². The summed E-state index contributed by atoms with van der Waals surface area (Å²) in [5.74, 6) is 2.01. The minimum Gasteiger partial charge on any atom is -0.394 e. The van der Waals surface area contributed by atoms with Gasteiger partial charge in [-0.15, -0.1) is 0 Å². The van der Waals surface area contributed by atoms with E-state index in [2.05, 4.69) is 24.1 Å². The molecular weight excluding hydrogens is 260 g/mol. The average molecular weight is 296 g/mol. The highest BCUT2D eigenvalue weighted by Gasteiger charge is 2.31. The number of nitrogens with zero attached hydrogens (tertiary/aromatic N) is 1. The van der Waals surface area contributed by atoms with E-state index in [1.54, 1.807) is 0 Å². The number of hydrogen-bond acceptors (Lipinski definition) is 3. The zero-order valence-electron chi connectivity index (χ0n) is 14.2. The molecule has 0 aromatic rings. The summed E-state index contributed by atoms with van der Waals surface area (Å²) in [4.78, 5) is 2.69. The number of rotatable bonds is 8. The van der Waals surface area contributed by atoms with Crippen molar-refractivity contribution < 1.29 is 5.11 Å². The van der Waals surface area contributed by atoms with Crippen molar-refractivity contribution in [3.8, 4) is 0 Å². The van der Waals surface area contributed by atoms with Crippen LogP contribution in [-0.2, 0) is 0 Å². The molecule has 1 heterocycles. The van der Waals surface area contributed by atoms with Gasteiger partial charge in [0.15, 0.2) is 0 Å². The Balaban J connectivity index is 1.72. The van der Waals surface area contributed by atoms with Crippen molar-refractivity contribution >= 4 is 0 Å². The minimum absolute atomic E-state index is 0.0437. The molecule has 3 heteroatoms. The SMILES string of the molecule is CCNC(CC)(CO)CCCN1CCC2CCCCC2C1. The number of piperidine rings is 1. The average Bonchev–Trinajstić information content (AvgIpc) is 2.54. The number of nitrogens with one attached hydrogen (secondary N) is 1. The van der Waals surface area contributed by atoms with Crippen LogP contribution in [0.5, 0.6) is 0 Å². The third-order valence-electron chi connectivity index (χ3n) is 6.04. The van der Waals surface area contributed by atoms with E-state index in [-0.39, 0.29) is 12.1 Å². The normalized spacial score (nSPS) is 29.9. The molecule has 3 nitrogen and oxygen atoms in total. The number of likely N-dealkylation sites (tertiary alicyclic amines) is 1. The third-order valence-corrected chi connectivity index (χ3v) is 6.04. The van der Waals surface area contributed by atoms with Gasteiger partial charge >= 0.3 is 0 Å². The maximum Gasteiger partial charge on any atom is 0.0613 e. The van der Waals surface area contributed by atoms with E-state index < -0.39 is 0 Å². The summed E-state index contributed by atoms with van der Waals surface area (Å²) < 4.78 is 0. The molecule has 1 aliphatic carbocycles. The van der Waals surface area contributed by atoms with Crippen molar-refractivity contribution in [3.63, 3.8) is 0 Å². The highest BCUT2D eigenvalue weighted by atomic mass is 16.3. The highest BCUT2D eigenvalue weighted by molar-refractivity contribution is 4.87. The number of aliphatic hydroxyl groups excluding tert-OH is 1. The third kappa shape index (κ3) is 4.67. The van der Waals surface area contributed by atoms with E-state index in [9.17, 15) is 5.11 Å². The molecule has 21 heavy (non-hydrogen) atoms. The van der Waals surface area contributed by atoms with Gasteiger partial charge in [0.2, 0.25) is 0 Å². The number of likely N-dealkylation sites (N-methyl/N-ethyl adjacent to an activating group) is 1. The van der Waals surface area contributed by atoms with E-state index in [1.807, 2.05) is 0 Å². The molecule has 3 atom stereocenters. The molecule has 1 aliphatic heterocycles. The van der Waals surface area contributed by atoms with Gasteiger partial charge in [0.25, 0.3) is 0 Å². The van der Waals surface area contributed by atoms with Crippen molar-refractivity contribution in [2.75, 3.05) is 32.8 Å². The fourth-order valence-corrected chi connectivity index (χ4v) is 4.53. The lowest BCUT2D eigenvalue weighted by atomic mass is 9.75. The summed E-state index contributed by atoms with van der Waals surface area (Å²) >= 11 is 0. The van der Waals surface area contributed by atoms with Crippen molar-refractivity contribution in [3.05, 3.63) is 0 Å². The molecule has 1 saturated carbocycles. The lowest BCUT2D eigenvalue weighted by Gasteiger charge is -2.41. The highest BCUT2D eigenvalue weighted by Crippen LogP contribution is 2.36. The Morgan fingerprint density at radius 3 is 2.57 bits per heavy atom. The van der Waals surface area contributed by atoms with Crippen LogP contribution in [0.3, 0.4) is 0 Å². The molecule has 124 valence electrons. The van der Waals surface area contributed by atoms with Crippen LogP contribution in [0.15, 0.2) is 0 Å². The quantitative estimate of drug-likeness (QED) is 0.723. The molecule has 0 spiro atoms. The van der Waals surface area contributed by atoms with Gasteiger partial charge in [0.05, 0.1) is 6.61 Å². The van der Waals surface area contributed by atoms with Gasteiger partial charge in [-0.1, -0.05) is 33.1 Å². The Morgan fingerprint density at radius 1 is 1.14 bits per heavy atom. The van der Waals surface area contributed by atoms with Gasteiger partial charge in [-0.2, -0.15) is 0 Å². The first kappa shape index (κ1) is 17.2. The molecule has 2 rings (SSSR count). The molecule has 0 amide bonds. The summed E-state index contributed by atoms with van der Waals surface area (Å²) in [7, 11) is 0. The Hall–Kier alpha value is -0.120. The summed E-state index contributed by atoms with van der Waals surface area (Å²) in [6.45, 7) is 9.39. The van der Waals surface area contributed by atoms with Gasteiger partial charge in [-0.25, -0.2) is 0 Å². The van der Waals surface area contributed by atoms with E-state index in [0.29, 0.717) is 0 Å². The lowest BCUT2D eigenvalue weighted by molar-refractivity contribution is 0.0800. The van der Waals surface area contributed by atoms with Crippen LogP contribution >= 0.6 is 0 Å². The molecule has 0 aromatic heterocycles. The zero-order chi connectivity index (χ0) is 15.1. The fourth-order valence-electron chi connectivity index (χ4n) is 4.53. The summed E-state index contributed by atoms with van der Waals surface area (Å²) in [5, 5.41) is 13.2. The van der Waals surface area contributed by atoms with Crippen LogP contribution in [0, 0.1) is 11.8 Å². The predicted molar refractivity (Wildman–Crippen MR) is 89.5 cm³/mol. The molecular formula is C18H36N2O. The Kier molecular flexibility index (Phi) is 6.97. The second-order valence-electron chi connectivity index (χ2n) is 7.32. The first-order valence-electron chi connectivity index (χ1n) is 9.31. The van der Waals surface area contributed by atoms with Crippen molar-refractivity contribution in [1.29, 1.82) is 0 Å². The van der Waals surface area contributed by atoms with Crippen molar-refractivity contribution in [2.45, 2.75) is 70.8 Å². The minimum atomic E-state index is -0.0437. The summed E-state index contributed by atoms with van der Waals surface area (Å²) in [6, 6.07) is 0. The number of aliphatic hydroxyl groups is 1. The second-order valence-corrected chi connectivity index (χ2v) is 7.32. The van der Waals surface area contributed by atoms with Gasteiger partial charge in [0, 0.05) is 12.1 Å². The monoisotopic (exact) mass is 296 g/mol. The molecule has 0 radical (unpaired) electrons.